The summed E-state index contributed by atoms with van der Waals surface area (Å²) in [6.45, 7) is 1.74. The van der Waals surface area contributed by atoms with Gasteiger partial charge >= 0.3 is 0 Å². The molecule has 0 aliphatic rings. The van der Waals surface area contributed by atoms with Gasteiger partial charge in [0.05, 0.1) is 19.1 Å². The summed E-state index contributed by atoms with van der Waals surface area (Å²) in [5.41, 5.74) is 2.35. The predicted molar refractivity (Wildman–Crippen MR) is 115 cm³/mol. The molecule has 1 amide bonds. The van der Waals surface area contributed by atoms with Crippen molar-refractivity contribution in [3.63, 3.8) is 0 Å². The Morgan fingerprint density at radius 2 is 1.80 bits per heavy atom. The van der Waals surface area contributed by atoms with Crippen LogP contribution in [0.15, 0.2) is 84.3 Å². The third-order valence-electron chi connectivity index (χ3n) is 4.80. The van der Waals surface area contributed by atoms with Gasteiger partial charge in [-0.1, -0.05) is 12.1 Å². The minimum absolute atomic E-state index is 0.0853. The summed E-state index contributed by atoms with van der Waals surface area (Å²) in [5.74, 6) is 0.0852. The van der Waals surface area contributed by atoms with Gasteiger partial charge in [0, 0.05) is 30.0 Å². The molecule has 0 spiro atoms. The van der Waals surface area contributed by atoms with E-state index in [0.29, 0.717) is 22.7 Å². The van der Waals surface area contributed by atoms with Crippen LogP contribution in [0.4, 0.5) is 5.69 Å². The van der Waals surface area contributed by atoms with E-state index in [-0.39, 0.29) is 5.56 Å². The van der Waals surface area contributed by atoms with E-state index < -0.39 is 11.5 Å². The van der Waals surface area contributed by atoms with E-state index in [2.05, 4.69) is 10.3 Å². The van der Waals surface area contributed by atoms with Crippen LogP contribution in [0.1, 0.15) is 15.9 Å². The van der Waals surface area contributed by atoms with Crippen molar-refractivity contribution in [3.8, 4) is 17.1 Å². The molecule has 0 aliphatic heterocycles. The van der Waals surface area contributed by atoms with E-state index in [1.165, 1.54) is 4.57 Å². The van der Waals surface area contributed by atoms with Crippen molar-refractivity contribution in [2.75, 3.05) is 12.4 Å². The van der Waals surface area contributed by atoms with Crippen molar-refractivity contribution in [2.24, 2.45) is 0 Å². The van der Waals surface area contributed by atoms with Crippen molar-refractivity contribution in [3.05, 3.63) is 101 Å². The molecule has 0 saturated heterocycles. The third kappa shape index (κ3) is 3.60. The van der Waals surface area contributed by atoms with Crippen LogP contribution >= 0.6 is 0 Å². The highest BCUT2D eigenvalue weighted by Crippen LogP contribution is 2.21. The maximum absolute atomic E-state index is 13.1. The number of carbonyl (C=O) groups is 1. The molecule has 7 heteroatoms. The van der Waals surface area contributed by atoms with Gasteiger partial charge in [0.2, 0.25) is 0 Å². The SMILES string of the molecule is COc1ccccc1-n1ccc(C)c(C(=O)Nc2ccc(-n3ccnc3)cc2)c1=O. The van der Waals surface area contributed by atoms with Gasteiger partial charge < -0.3 is 14.6 Å². The van der Waals surface area contributed by atoms with E-state index in [1.54, 1.807) is 63.1 Å². The Morgan fingerprint density at radius 3 is 2.50 bits per heavy atom. The normalized spacial score (nSPS) is 10.6. The highest BCUT2D eigenvalue weighted by molar-refractivity contribution is 6.05. The van der Waals surface area contributed by atoms with E-state index >= 15 is 0 Å². The standard InChI is InChI=1S/C23H20N4O3/c1-16-11-13-27(19-5-3-4-6-20(19)30-2)23(29)21(16)22(28)25-17-7-9-18(10-8-17)26-14-12-24-15-26/h3-15H,1-2H3,(H,25,28). The highest BCUT2D eigenvalue weighted by atomic mass is 16.5. The summed E-state index contributed by atoms with van der Waals surface area (Å²) in [6.07, 6.45) is 6.87. The maximum atomic E-state index is 13.1. The average molecular weight is 400 g/mol. The number of nitrogens with zero attached hydrogens (tertiary/aromatic N) is 3. The fourth-order valence-electron chi connectivity index (χ4n) is 3.24. The minimum Gasteiger partial charge on any atom is -0.495 e. The summed E-state index contributed by atoms with van der Waals surface area (Å²) in [4.78, 5) is 30.1. The molecule has 0 atom stereocenters. The van der Waals surface area contributed by atoms with Gasteiger partial charge in [-0.2, -0.15) is 0 Å². The van der Waals surface area contributed by atoms with Crippen molar-refractivity contribution in [2.45, 2.75) is 6.92 Å². The topological polar surface area (TPSA) is 78.2 Å². The molecule has 0 aliphatic carbocycles. The number of carbonyl (C=O) groups excluding carboxylic acids is 1. The number of amides is 1. The van der Waals surface area contributed by atoms with Crippen LogP contribution in [-0.4, -0.2) is 27.1 Å². The van der Waals surface area contributed by atoms with E-state index in [4.69, 9.17) is 4.74 Å². The summed E-state index contributed by atoms with van der Waals surface area (Å²) >= 11 is 0. The number of para-hydroxylation sites is 2. The molecule has 2 aromatic carbocycles. The Morgan fingerprint density at radius 1 is 1.03 bits per heavy atom. The molecule has 0 bridgehead atoms. The third-order valence-corrected chi connectivity index (χ3v) is 4.80. The largest absolute Gasteiger partial charge is 0.495 e. The van der Waals surface area contributed by atoms with Gasteiger partial charge in [0.15, 0.2) is 0 Å². The number of hydrogen-bond acceptors (Lipinski definition) is 4. The van der Waals surface area contributed by atoms with E-state index in [0.717, 1.165) is 5.69 Å². The van der Waals surface area contributed by atoms with Gasteiger partial charge in [-0.05, 0) is 55.0 Å². The van der Waals surface area contributed by atoms with Crippen molar-refractivity contribution in [1.29, 1.82) is 0 Å². The number of nitrogens with one attached hydrogen (secondary N) is 1. The van der Waals surface area contributed by atoms with Crippen molar-refractivity contribution >= 4 is 11.6 Å². The Labute approximate surface area is 173 Å². The first kappa shape index (κ1) is 19.2. The molecule has 2 heterocycles. The second kappa shape index (κ2) is 8.08. The molecular formula is C23H20N4O3. The monoisotopic (exact) mass is 400 g/mol. The van der Waals surface area contributed by atoms with Crippen LogP contribution in [-0.2, 0) is 0 Å². The lowest BCUT2D eigenvalue weighted by atomic mass is 10.1. The quantitative estimate of drug-likeness (QED) is 0.555. The van der Waals surface area contributed by atoms with Crippen LogP contribution in [0, 0.1) is 6.92 Å². The van der Waals surface area contributed by atoms with Crippen molar-refractivity contribution < 1.29 is 9.53 Å². The summed E-state index contributed by atoms with van der Waals surface area (Å²) in [7, 11) is 1.54. The van der Waals surface area contributed by atoms with Crippen molar-refractivity contribution in [1.82, 2.24) is 14.1 Å². The number of aryl methyl sites for hydroxylation is 1. The van der Waals surface area contributed by atoms with Crippen LogP contribution in [0.3, 0.4) is 0 Å². The smallest absolute Gasteiger partial charge is 0.268 e. The molecular weight excluding hydrogens is 380 g/mol. The first-order valence-electron chi connectivity index (χ1n) is 9.34. The van der Waals surface area contributed by atoms with Gasteiger partial charge in [0.1, 0.15) is 11.3 Å². The second-order valence-electron chi connectivity index (χ2n) is 6.69. The number of rotatable bonds is 5. The number of ether oxygens (including phenoxy) is 1. The van der Waals surface area contributed by atoms with Crippen LogP contribution < -0.4 is 15.6 Å². The number of benzene rings is 2. The molecule has 0 radical (unpaired) electrons. The zero-order valence-electron chi connectivity index (χ0n) is 16.6. The van der Waals surface area contributed by atoms with Crippen LogP contribution in [0.2, 0.25) is 0 Å². The lowest BCUT2D eigenvalue weighted by Gasteiger charge is -2.14. The number of pyridine rings is 1. The maximum Gasteiger partial charge on any atom is 0.268 e. The van der Waals surface area contributed by atoms with Crippen LogP contribution in [0.25, 0.3) is 11.4 Å². The molecule has 0 saturated carbocycles. The average Bonchev–Trinajstić information content (AvgIpc) is 3.29. The fourth-order valence-corrected chi connectivity index (χ4v) is 3.24. The van der Waals surface area contributed by atoms with Gasteiger partial charge in [-0.15, -0.1) is 0 Å². The molecule has 0 fully saturated rings. The summed E-state index contributed by atoms with van der Waals surface area (Å²) in [6, 6.07) is 16.2. The Balaban J connectivity index is 1.65. The lowest BCUT2D eigenvalue weighted by Crippen LogP contribution is -2.29. The first-order chi connectivity index (χ1) is 14.6. The Hall–Kier alpha value is -4.13. The Bertz CT molecular complexity index is 1240. The van der Waals surface area contributed by atoms with Gasteiger partial charge in [0.25, 0.3) is 11.5 Å². The zero-order valence-corrected chi connectivity index (χ0v) is 16.6. The molecule has 2 aromatic heterocycles. The molecule has 150 valence electrons. The van der Waals surface area contributed by atoms with E-state index in [1.807, 2.05) is 35.0 Å². The fraction of sp³-hybridized carbons (Fsp3) is 0.0870. The number of methoxy groups -OCH3 is 1. The predicted octanol–water partition coefficient (Wildman–Crippen LogP) is 3.59. The molecule has 7 nitrogen and oxygen atoms in total. The lowest BCUT2D eigenvalue weighted by molar-refractivity contribution is 0.102. The molecule has 4 rings (SSSR count). The molecule has 30 heavy (non-hydrogen) atoms. The molecule has 4 aromatic rings. The highest BCUT2D eigenvalue weighted by Gasteiger charge is 2.18. The first-order valence-corrected chi connectivity index (χ1v) is 9.34. The minimum atomic E-state index is -0.461. The second-order valence-corrected chi connectivity index (χ2v) is 6.69. The summed E-state index contributed by atoms with van der Waals surface area (Å²) < 4.78 is 8.64. The molecule has 1 N–H and O–H groups in total. The van der Waals surface area contributed by atoms with E-state index in [9.17, 15) is 9.59 Å². The number of imidazole rings is 1. The Kier molecular flexibility index (Phi) is 5.17. The number of anilines is 1. The van der Waals surface area contributed by atoms with Crippen LogP contribution in [0.5, 0.6) is 5.75 Å². The number of aromatic nitrogens is 3. The zero-order chi connectivity index (χ0) is 21.1. The summed E-state index contributed by atoms with van der Waals surface area (Å²) in [5, 5.41) is 2.81. The van der Waals surface area contributed by atoms with Gasteiger partial charge in [-0.25, -0.2) is 4.98 Å². The van der Waals surface area contributed by atoms with Gasteiger partial charge in [-0.3, -0.25) is 14.2 Å². The molecule has 0 unspecified atom stereocenters. The number of hydrogen-bond donors (Lipinski definition) is 1.